The Kier molecular flexibility index (Phi) is 5.42. The number of carbonyl (C=O) groups excluding carboxylic acids is 1. The van der Waals surface area contributed by atoms with Crippen molar-refractivity contribution in [3.05, 3.63) is 20.8 Å². The van der Waals surface area contributed by atoms with E-state index in [1.165, 1.54) is 4.88 Å². The summed E-state index contributed by atoms with van der Waals surface area (Å²) in [6.07, 6.45) is 2.71. The monoisotopic (exact) mass is 360 g/mol. The van der Waals surface area contributed by atoms with Crippen LogP contribution in [0.1, 0.15) is 24.1 Å². The molecular formula is C13H17BrN2O3S. The molecule has 20 heavy (non-hydrogen) atoms. The van der Waals surface area contributed by atoms with Crippen molar-refractivity contribution in [3.63, 3.8) is 0 Å². The summed E-state index contributed by atoms with van der Waals surface area (Å²) < 4.78 is 1.09. The highest BCUT2D eigenvalue weighted by Gasteiger charge is 2.30. The third-order valence-corrected chi connectivity index (χ3v) is 5.09. The van der Waals surface area contributed by atoms with Crippen molar-refractivity contribution in [2.75, 3.05) is 6.54 Å². The zero-order chi connectivity index (χ0) is 14.5. The zero-order valence-electron chi connectivity index (χ0n) is 10.9. The third kappa shape index (κ3) is 4.49. The minimum Gasteiger partial charge on any atom is -0.481 e. The van der Waals surface area contributed by atoms with E-state index in [1.54, 1.807) is 11.3 Å². The molecule has 1 aliphatic carbocycles. The second-order valence-electron chi connectivity index (χ2n) is 4.90. The summed E-state index contributed by atoms with van der Waals surface area (Å²) in [4.78, 5) is 23.7. The molecule has 110 valence electrons. The first-order chi connectivity index (χ1) is 9.54. The van der Waals surface area contributed by atoms with Gasteiger partial charge in [-0.15, -0.1) is 11.3 Å². The van der Waals surface area contributed by atoms with E-state index in [4.69, 9.17) is 5.11 Å². The third-order valence-electron chi connectivity index (χ3n) is 3.40. The molecule has 7 heteroatoms. The van der Waals surface area contributed by atoms with Crippen molar-refractivity contribution in [2.45, 2.75) is 31.7 Å². The lowest BCUT2D eigenvalue weighted by Gasteiger charge is -2.13. The Labute approximate surface area is 129 Å². The smallest absolute Gasteiger partial charge is 0.315 e. The van der Waals surface area contributed by atoms with Crippen LogP contribution in [-0.2, 0) is 11.2 Å². The average Bonchev–Trinajstić information content (AvgIpc) is 2.99. The van der Waals surface area contributed by atoms with Crippen LogP contribution in [0, 0.1) is 5.92 Å². The zero-order valence-corrected chi connectivity index (χ0v) is 13.3. The summed E-state index contributed by atoms with van der Waals surface area (Å²) >= 11 is 5.05. The topological polar surface area (TPSA) is 78.4 Å². The average molecular weight is 361 g/mol. The number of carboxylic acid groups (broad SMARTS) is 1. The maximum atomic E-state index is 11.7. The minimum absolute atomic E-state index is 0.0213. The van der Waals surface area contributed by atoms with Crippen LogP contribution in [0.2, 0.25) is 0 Å². The van der Waals surface area contributed by atoms with E-state index < -0.39 is 5.97 Å². The Bertz CT molecular complexity index is 492. The van der Waals surface area contributed by atoms with Gasteiger partial charge in [-0.25, -0.2) is 4.79 Å². The van der Waals surface area contributed by atoms with Crippen molar-refractivity contribution in [3.8, 4) is 0 Å². The lowest BCUT2D eigenvalue weighted by atomic mass is 10.1. The molecule has 1 aliphatic rings. The van der Waals surface area contributed by atoms with E-state index in [0.717, 1.165) is 16.6 Å². The van der Waals surface area contributed by atoms with Gasteiger partial charge < -0.3 is 15.7 Å². The molecular weight excluding hydrogens is 344 g/mol. The first kappa shape index (κ1) is 15.3. The number of hydrogen-bond acceptors (Lipinski definition) is 3. The highest BCUT2D eigenvalue weighted by molar-refractivity contribution is 9.11. The number of carboxylic acids is 1. The van der Waals surface area contributed by atoms with Crippen LogP contribution < -0.4 is 10.6 Å². The number of hydrogen-bond donors (Lipinski definition) is 3. The van der Waals surface area contributed by atoms with Gasteiger partial charge in [0.05, 0.1) is 9.70 Å². The van der Waals surface area contributed by atoms with Gasteiger partial charge in [0.2, 0.25) is 0 Å². The van der Waals surface area contributed by atoms with Gasteiger partial charge in [0.1, 0.15) is 0 Å². The summed E-state index contributed by atoms with van der Waals surface area (Å²) in [6, 6.07) is 3.79. The summed E-state index contributed by atoms with van der Waals surface area (Å²) in [7, 11) is 0. The highest BCUT2D eigenvalue weighted by atomic mass is 79.9. The molecule has 0 unspecified atom stereocenters. The van der Waals surface area contributed by atoms with Crippen molar-refractivity contribution in [1.29, 1.82) is 0 Å². The van der Waals surface area contributed by atoms with E-state index in [-0.39, 0.29) is 18.0 Å². The van der Waals surface area contributed by atoms with Crippen LogP contribution in [0.4, 0.5) is 4.79 Å². The number of carbonyl (C=O) groups is 2. The molecule has 3 N–H and O–H groups in total. The largest absolute Gasteiger partial charge is 0.481 e. The van der Waals surface area contributed by atoms with Crippen molar-refractivity contribution in [2.24, 2.45) is 5.92 Å². The second-order valence-corrected chi connectivity index (χ2v) is 7.45. The van der Waals surface area contributed by atoms with Crippen LogP contribution in [0.3, 0.4) is 0 Å². The van der Waals surface area contributed by atoms with Crippen molar-refractivity contribution >= 4 is 39.3 Å². The molecule has 2 rings (SSSR count). The fraction of sp³-hybridized carbons (Fsp3) is 0.538. The molecule has 1 heterocycles. The molecule has 1 saturated carbocycles. The van der Waals surface area contributed by atoms with Crippen LogP contribution >= 0.6 is 27.3 Å². The Morgan fingerprint density at radius 2 is 2.20 bits per heavy atom. The molecule has 0 spiro atoms. The van der Waals surface area contributed by atoms with Crippen molar-refractivity contribution in [1.82, 2.24) is 10.6 Å². The van der Waals surface area contributed by atoms with Gasteiger partial charge in [-0.2, -0.15) is 0 Å². The number of rotatable bonds is 5. The SMILES string of the molecule is O=C(NCCc1ccc(Br)s1)N[C@H]1CC[C@@H](C(=O)O)C1. The van der Waals surface area contributed by atoms with Crippen molar-refractivity contribution < 1.29 is 14.7 Å². The number of nitrogens with one attached hydrogen (secondary N) is 2. The number of halogens is 1. The number of aliphatic carboxylic acids is 1. The van der Waals surface area contributed by atoms with E-state index in [1.807, 2.05) is 12.1 Å². The van der Waals surface area contributed by atoms with Gasteiger partial charge in [-0.3, -0.25) is 4.79 Å². The van der Waals surface area contributed by atoms with Gasteiger partial charge in [-0.1, -0.05) is 0 Å². The van der Waals surface area contributed by atoms with Crippen LogP contribution in [0.25, 0.3) is 0 Å². The normalized spacial score (nSPS) is 21.6. The molecule has 0 aromatic carbocycles. The maximum absolute atomic E-state index is 11.7. The van der Waals surface area contributed by atoms with Gasteiger partial charge in [0.25, 0.3) is 0 Å². The summed E-state index contributed by atoms with van der Waals surface area (Å²) in [5.74, 6) is -1.08. The molecule has 1 aromatic rings. The fourth-order valence-electron chi connectivity index (χ4n) is 2.36. The summed E-state index contributed by atoms with van der Waals surface area (Å²) in [5, 5.41) is 14.5. The van der Waals surface area contributed by atoms with E-state index in [9.17, 15) is 9.59 Å². The predicted octanol–water partition coefficient (Wildman–Crippen LogP) is 2.61. The van der Waals surface area contributed by atoms with Crippen LogP contribution in [-0.4, -0.2) is 29.7 Å². The maximum Gasteiger partial charge on any atom is 0.315 e. The molecule has 0 aliphatic heterocycles. The molecule has 2 amide bonds. The minimum atomic E-state index is -0.766. The predicted molar refractivity (Wildman–Crippen MR) is 81.0 cm³/mol. The Morgan fingerprint density at radius 3 is 2.80 bits per heavy atom. The summed E-state index contributed by atoms with van der Waals surface area (Å²) in [5.41, 5.74) is 0. The quantitative estimate of drug-likeness (QED) is 0.754. The molecule has 0 bridgehead atoms. The Balaban J connectivity index is 1.65. The second kappa shape index (κ2) is 7.08. The van der Waals surface area contributed by atoms with Crippen LogP contribution in [0.15, 0.2) is 15.9 Å². The molecule has 1 aromatic heterocycles. The molecule has 5 nitrogen and oxygen atoms in total. The highest BCUT2D eigenvalue weighted by Crippen LogP contribution is 2.25. The molecule has 0 saturated heterocycles. The fourth-order valence-corrected chi connectivity index (χ4v) is 3.84. The van der Waals surface area contributed by atoms with E-state index >= 15 is 0 Å². The lowest BCUT2D eigenvalue weighted by Crippen LogP contribution is -2.41. The first-order valence-electron chi connectivity index (χ1n) is 6.56. The number of urea groups is 1. The van der Waals surface area contributed by atoms with E-state index in [0.29, 0.717) is 19.4 Å². The summed E-state index contributed by atoms with van der Waals surface area (Å²) in [6.45, 7) is 0.577. The Morgan fingerprint density at radius 1 is 1.40 bits per heavy atom. The molecule has 2 atom stereocenters. The standard InChI is InChI=1S/C13H17BrN2O3S/c14-11-4-3-10(20-11)5-6-15-13(19)16-9-2-1-8(7-9)12(17)18/h3-4,8-9H,1-2,5-7H2,(H,17,18)(H2,15,16,19)/t8-,9+/m1/s1. The van der Waals surface area contributed by atoms with Gasteiger partial charge in [0.15, 0.2) is 0 Å². The number of thiophene rings is 1. The first-order valence-corrected chi connectivity index (χ1v) is 8.17. The van der Waals surface area contributed by atoms with E-state index in [2.05, 4.69) is 26.6 Å². The molecule has 1 fully saturated rings. The Hall–Kier alpha value is -1.08. The lowest BCUT2D eigenvalue weighted by molar-refractivity contribution is -0.141. The van der Waals surface area contributed by atoms with Crippen LogP contribution in [0.5, 0.6) is 0 Å². The van der Waals surface area contributed by atoms with Gasteiger partial charge in [0, 0.05) is 17.5 Å². The van der Waals surface area contributed by atoms with Gasteiger partial charge >= 0.3 is 12.0 Å². The molecule has 0 radical (unpaired) electrons. The van der Waals surface area contributed by atoms with Gasteiger partial charge in [-0.05, 0) is 53.7 Å². The number of amides is 2.